The van der Waals surface area contributed by atoms with Crippen LogP contribution in [-0.2, 0) is 5.54 Å². The van der Waals surface area contributed by atoms with Gasteiger partial charge in [-0.1, -0.05) is 6.07 Å². The smallest absolute Gasteiger partial charge is 0.121 e. The second-order valence-corrected chi connectivity index (χ2v) is 3.79. The van der Waals surface area contributed by atoms with E-state index in [-0.39, 0.29) is 12.4 Å². The first-order chi connectivity index (χ1) is 5.97. The Hall–Kier alpha value is -0.710. The molecule has 3 nitrogen and oxygen atoms in total. The first-order valence-electron chi connectivity index (χ1n) is 3.89. The van der Waals surface area contributed by atoms with Crippen molar-refractivity contribution in [3.8, 4) is 5.75 Å². The molecule has 0 fully saturated rings. The van der Waals surface area contributed by atoms with Gasteiger partial charge in [-0.05, 0) is 19.1 Å². The Kier molecular flexibility index (Phi) is 2.85. The van der Waals surface area contributed by atoms with Crippen molar-refractivity contribution in [2.24, 2.45) is 5.73 Å². The Labute approximate surface area is 82.6 Å². The summed E-state index contributed by atoms with van der Waals surface area (Å²) in [7, 11) is 0. The minimum Gasteiger partial charge on any atom is -0.508 e. The monoisotopic (exact) mass is 199 g/mol. The zero-order valence-corrected chi connectivity index (χ0v) is 8.25. The molecule has 0 aliphatic rings. The van der Waals surface area contributed by atoms with Crippen LogP contribution < -0.4 is 5.73 Å². The SMILES string of the molecule is C[C@](N)(CO)c1ccc(S)cc1O. The molecule has 0 saturated carbocycles. The highest BCUT2D eigenvalue weighted by Crippen LogP contribution is 2.28. The predicted molar refractivity (Wildman–Crippen MR) is 54.0 cm³/mol. The van der Waals surface area contributed by atoms with Crippen LogP contribution in [0.3, 0.4) is 0 Å². The first kappa shape index (κ1) is 10.4. The number of thiol groups is 1. The summed E-state index contributed by atoms with van der Waals surface area (Å²) in [5.41, 5.74) is 5.36. The number of aromatic hydroxyl groups is 1. The molecule has 0 spiro atoms. The van der Waals surface area contributed by atoms with E-state index >= 15 is 0 Å². The summed E-state index contributed by atoms with van der Waals surface area (Å²) < 4.78 is 0. The van der Waals surface area contributed by atoms with Crippen molar-refractivity contribution >= 4 is 12.6 Å². The lowest BCUT2D eigenvalue weighted by Crippen LogP contribution is -2.36. The first-order valence-corrected chi connectivity index (χ1v) is 4.34. The van der Waals surface area contributed by atoms with E-state index in [4.69, 9.17) is 10.8 Å². The van der Waals surface area contributed by atoms with Gasteiger partial charge < -0.3 is 15.9 Å². The maximum Gasteiger partial charge on any atom is 0.121 e. The third-order valence-electron chi connectivity index (χ3n) is 1.93. The van der Waals surface area contributed by atoms with Crippen molar-refractivity contribution in [1.29, 1.82) is 0 Å². The van der Waals surface area contributed by atoms with E-state index in [2.05, 4.69) is 12.6 Å². The van der Waals surface area contributed by atoms with Gasteiger partial charge >= 0.3 is 0 Å². The molecule has 0 radical (unpaired) electrons. The van der Waals surface area contributed by atoms with Gasteiger partial charge in [0.05, 0.1) is 12.1 Å². The van der Waals surface area contributed by atoms with E-state index in [0.717, 1.165) is 0 Å². The van der Waals surface area contributed by atoms with Gasteiger partial charge in [0.2, 0.25) is 0 Å². The molecule has 0 aromatic heterocycles. The molecule has 1 aromatic carbocycles. The number of phenols is 1. The van der Waals surface area contributed by atoms with Gasteiger partial charge in [-0.25, -0.2) is 0 Å². The summed E-state index contributed by atoms with van der Waals surface area (Å²) in [5, 5.41) is 18.5. The topological polar surface area (TPSA) is 66.5 Å². The molecule has 0 aliphatic carbocycles. The lowest BCUT2D eigenvalue weighted by Gasteiger charge is -2.23. The summed E-state index contributed by atoms with van der Waals surface area (Å²) >= 11 is 4.06. The average molecular weight is 199 g/mol. The minimum absolute atomic E-state index is 0.0616. The van der Waals surface area contributed by atoms with Crippen molar-refractivity contribution in [1.82, 2.24) is 0 Å². The summed E-state index contributed by atoms with van der Waals surface area (Å²) in [6, 6.07) is 4.88. The molecular formula is C9H13NO2S. The van der Waals surface area contributed by atoms with Gasteiger partial charge in [-0.3, -0.25) is 0 Å². The maximum atomic E-state index is 9.52. The zero-order chi connectivity index (χ0) is 10.1. The Morgan fingerprint density at radius 2 is 2.15 bits per heavy atom. The van der Waals surface area contributed by atoms with Gasteiger partial charge in [0.15, 0.2) is 0 Å². The van der Waals surface area contributed by atoms with E-state index < -0.39 is 5.54 Å². The molecule has 0 unspecified atom stereocenters. The van der Waals surface area contributed by atoms with E-state index in [1.165, 1.54) is 6.07 Å². The summed E-state index contributed by atoms with van der Waals surface area (Å²) in [6.07, 6.45) is 0. The van der Waals surface area contributed by atoms with Gasteiger partial charge in [-0.2, -0.15) is 0 Å². The molecule has 72 valence electrons. The average Bonchev–Trinajstić information content (AvgIpc) is 2.03. The second-order valence-electron chi connectivity index (χ2n) is 3.28. The summed E-state index contributed by atoms with van der Waals surface area (Å²) in [5.74, 6) is 0.0616. The second kappa shape index (κ2) is 3.57. The fourth-order valence-corrected chi connectivity index (χ4v) is 1.28. The molecule has 13 heavy (non-hydrogen) atoms. The highest BCUT2D eigenvalue weighted by atomic mass is 32.1. The summed E-state index contributed by atoms with van der Waals surface area (Å²) in [6.45, 7) is 1.44. The lowest BCUT2D eigenvalue weighted by molar-refractivity contribution is 0.207. The molecule has 4 N–H and O–H groups in total. The van der Waals surface area contributed by atoms with Crippen molar-refractivity contribution in [2.75, 3.05) is 6.61 Å². The Balaban J connectivity index is 3.16. The normalized spacial score (nSPS) is 15.4. The Morgan fingerprint density at radius 1 is 1.54 bits per heavy atom. The molecule has 0 aliphatic heterocycles. The van der Waals surface area contributed by atoms with Crippen LogP contribution in [0.2, 0.25) is 0 Å². The van der Waals surface area contributed by atoms with Gasteiger partial charge in [0.25, 0.3) is 0 Å². The lowest BCUT2D eigenvalue weighted by atomic mass is 9.93. The summed E-state index contributed by atoms with van der Waals surface area (Å²) in [4.78, 5) is 0.662. The third-order valence-corrected chi connectivity index (χ3v) is 2.20. The van der Waals surface area contributed by atoms with Crippen LogP contribution in [0.5, 0.6) is 5.75 Å². The number of nitrogens with two attached hydrogens (primary N) is 1. The van der Waals surface area contributed by atoms with Crippen molar-refractivity contribution in [2.45, 2.75) is 17.4 Å². The Bertz CT molecular complexity index is 312. The van der Waals surface area contributed by atoms with Gasteiger partial charge in [0.1, 0.15) is 5.75 Å². The number of hydrogen-bond acceptors (Lipinski definition) is 4. The number of phenolic OH excluding ortho intramolecular Hbond substituents is 1. The quantitative estimate of drug-likeness (QED) is 0.534. The number of rotatable bonds is 2. The molecule has 1 rings (SSSR count). The molecular weight excluding hydrogens is 186 g/mol. The molecule has 0 heterocycles. The number of hydrogen-bond donors (Lipinski definition) is 4. The highest BCUT2D eigenvalue weighted by molar-refractivity contribution is 7.80. The van der Waals surface area contributed by atoms with Crippen LogP contribution in [0.25, 0.3) is 0 Å². The molecule has 1 atom stereocenters. The molecule has 4 heteroatoms. The van der Waals surface area contributed by atoms with Crippen molar-refractivity contribution < 1.29 is 10.2 Å². The van der Waals surface area contributed by atoms with E-state index in [0.29, 0.717) is 10.5 Å². The van der Waals surface area contributed by atoms with Crippen LogP contribution in [0.15, 0.2) is 23.1 Å². The highest BCUT2D eigenvalue weighted by Gasteiger charge is 2.23. The molecule has 0 bridgehead atoms. The fourth-order valence-electron chi connectivity index (χ4n) is 1.09. The zero-order valence-electron chi connectivity index (χ0n) is 7.36. The van der Waals surface area contributed by atoms with Crippen LogP contribution in [0, 0.1) is 0 Å². The molecule has 1 aromatic rings. The standard InChI is InChI=1S/C9H13NO2S/c1-9(10,5-11)7-3-2-6(13)4-8(7)12/h2-4,11-13H,5,10H2,1H3/t9-/m0/s1. The Morgan fingerprint density at radius 3 is 2.62 bits per heavy atom. The third kappa shape index (κ3) is 2.15. The van der Waals surface area contributed by atoms with Crippen LogP contribution in [0.1, 0.15) is 12.5 Å². The number of benzene rings is 1. The van der Waals surface area contributed by atoms with Gasteiger partial charge in [-0.15, -0.1) is 12.6 Å². The minimum atomic E-state index is -0.911. The van der Waals surface area contributed by atoms with Crippen LogP contribution in [0.4, 0.5) is 0 Å². The van der Waals surface area contributed by atoms with E-state index in [1.807, 2.05) is 0 Å². The van der Waals surface area contributed by atoms with Crippen molar-refractivity contribution in [3.63, 3.8) is 0 Å². The molecule has 0 amide bonds. The van der Waals surface area contributed by atoms with Crippen molar-refractivity contribution in [3.05, 3.63) is 23.8 Å². The number of aliphatic hydroxyl groups is 1. The fraction of sp³-hybridized carbons (Fsp3) is 0.333. The predicted octanol–water partition coefficient (Wildman–Crippen LogP) is 0.847. The largest absolute Gasteiger partial charge is 0.508 e. The van der Waals surface area contributed by atoms with Crippen LogP contribution >= 0.6 is 12.6 Å². The van der Waals surface area contributed by atoms with Gasteiger partial charge in [0, 0.05) is 10.5 Å². The number of aliphatic hydroxyl groups excluding tert-OH is 1. The van der Waals surface area contributed by atoms with Crippen LogP contribution in [-0.4, -0.2) is 16.8 Å². The van der Waals surface area contributed by atoms with E-state index in [1.54, 1.807) is 19.1 Å². The molecule has 0 saturated heterocycles. The van der Waals surface area contributed by atoms with E-state index in [9.17, 15) is 5.11 Å². The maximum absolute atomic E-state index is 9.52.